The first kappa shape index (κ1) is 14.5. The Labute approximate surface area is 126 Å². The lowest BCUT2D eigenvalue weighted by atomic mass is 10.2. The molecule has 0 aliphatic rings. The maximum absolute atomic E-state index is 13.4. The molecule has 0 aliphatic carbocycles. The topological polar surface area (TPSA) is 3.24 Å². The molecule has 0 heterocycles. The van der Waals surface area contributed by atoms with Crippen LogP contribution in [0, 0.1) is 5.82 Å². The predicted octanol–water partition coefficient (Wildman–Crippen LogP) is 4.87. The second kappa shape index (κ2) is 6.51. The van der Waals surface area contributed by atoms with Crippen molar-refractivity contribution in [1.82, 2.24) is 4.90 Å². The van der Waals surface area contributed by atoms with Crippen LogP contribution in [0.2, 0.25) is 5.02 Å². The molecule has 0 aliphatic heterocycles. The molecule has 0 saturated carbocycles. The lowest BCUT2D eigenvalue weighted by Crippen LogP contribution is -2.17. The second-order valence-electron chi connectivity index (χ2n) is 4.52. The van der Waals surface area contributed by atoms with E-state index in [1.807, 2.05) is 37.4 Å². The molecule has 2 aromatic carbocycles. The minimum absolute atomic E-state index is 0.228. The van der Waals surface area contributed by atoms with Crippen LogP contribution in [0.5, 0.6) is 0 Å². The van der Waals surface area contributed by atoms with Crippen LogP contribution >= 0.6 is 27.5 Å². The summed E-state index contributed by atoms with van der Waals surface area (Å²) >= 11 is 9.24. The number of halogens is 3. The Balaban J connectivity index is 2.05. The molecule has 4 heteroatoms. The van der Waals surface area contributed by atoms with Crippen molar-refractivity contribution in [1.29, 1.82) is 0 Å². The van der Waals surface area contributed by atoms with Crippen LogP contribution in [-0.4, -0.2) is 11.9 Å². The fourth-order valence-corrected chi connectivity index (χ4v) is 2.57. The summed E-state index contributed by atoms with van der Waals surface area (Å²) in [5, 5.41) is 0.734. The third-order valence-corrected chi connectivity index (χ3v) is 3.94. The first-order chi connectivity index (χ1) is 9.06. The highest BCUT2D eigenvalue weighted by Crippen LogP contribution is 2.22. The Bertz CT molecular complexity index is 574. The monoisotopic (exact) mass is 341 g/mol. The summed E-state index contributed by atoms with van der Waals surface area (Å²) in [5.74, 6) is -0.228. The van der Waals surface area contributed by atoms with Gasteiger partial charge in [0.15, 0.2) is 0 Å². The van der Waals surface area contributed by atoms with Gasteiger partial charge < -0.3 is 0 Å². The Hall–Kier alpha value is -0.900. The van der Waals surface area contributed by atoms with Crippen LogP contribution in [0.25, 0.3) is 0 Å². The number of hydrogen-bond acceptors (Lipinski definition) is 1. The van der Waals surface area contributed by atoms with Crippen LogP contribution in [0.4, 0.5) is 4.39 Å². The van der Waals surface area contributed by atoms with E-state index in [-0.39, 0.29) is 5.82 Å². The highest BCUT2D eigenvalue weighted by molar-refractivity contribution is 9.10. The summed E-state index contributed by atoms with van der Waals surface area (Å²) < 4.78 is 14.0. The molecule has 0 N–H and O–H groups in total. The van der Waals surface area contributed by atoms with E-state index >= 15 is 0 Å². The van der Waals surface area contributed by atoms with Crippen molar-refractivity contribution >= 4 is 27.5 Å². The van der Waals surface area contributed by atoms with Crippen molar-refractivity contribution in [3.05, 3.63) is 68.9 Å². The predicted molar refractivity (Wildman–Crippen MR) is 80.7 cm³/mol. The van der Waals surface area contributed by atoms with E-state index in [9.17, 15) is 4.39 Å². The van der Waals surface area contributed by atoms with Crippen molar-refractivity contribution in [2.24, 2.45) is 0 Å². The molecule has 0 radical (unpaired) electrons. The zero-order valence-corrected chi connectivity index (χ0v) is 12.9. The van der Waals surface area contributed by atoms with Crippen LogP contribution in [0.1, 0.15) is 11.1 Å². The molecular formula is C15H14BrClFN. The van der Waals surface area contributed by atoms with E-state index in [2.05, 4.69) is 20.8 Å². The van der Waals surface area contributed by atoms with Gasteiger partial charge in [-0.1, -0.05) is 35.9 Å². The molecule has 0 amide bonds. The van der Waals surface area contributed by atoms with E-state index < -0.39 is 0 Å². The van der Waals surface area contributed by atoms with Crippen LogP contribution in [0.3, 0.4) is 0 Å². The lowest BCUT2D eigenvalue weighted by molar-refractivity contribution is 0.318. The van der Waals surface area contributed by atoms with Gasteiger partial charge in [-0.2, -0.15) is 0 Å². The summed E-state index contributed by atoms with van der Waals surface area (Å²) in [6.45, 7) is 1.44. The van der Waals surface area contributed by atoms with Crippen molar-refractivity contribution in [2.75, 3.05) is 7.05 Å². The number of nitrogens with zero attached hydrogens (tertiary/aromatic N) is 1. The van der Waals surface area contributed by atoms with Gasteiger partial charge in [-0.25, -0.2) is 4.39 Å². The maximum Gasteiger partial charge on any atom is 0.137 e. The normalized spacial score (nSPS) is 11.0. The molecule has 0 bridgehead atoms. The molecule has 0 spiro atoms. The molecule has 0 fully saturated rings. The first-order valence-electron chi connectivity index (χ1n) is 5.92. The zero-order chi connectivity index (χ0) is 13.8. The van der Waals surface area contributed by atoms with Crippen LogP contribution < -0.4 is 0 Å². The molecule has 1 nitrogen and oxygen atoms in total. The van der Waals surface area contributed by atoms with Crippen molar-refractivity contribution < 1.29 is 4.39 Å². The Morgan fingerprint density at radius 1 is 1.16 bits per heavy atom. The highest BCUT2D eigenvalue weighted by Gasteiger charge is 2.08. The van der Waals surface area contributed by atoms with Gasteiger partial charge in [0.05, 0.1) is 4.47 Å². The summed E-state index contributed by atoms with van der Waals surface area (Å²) in [4.78, 5) is 2.12. The molecule has 0 aromatic heterocycles. The molecule has 2 rings (SSSR count). The molecule has 19 heavy (non-hydrogen) atoms. The molecule has 0 unspecified atom stereocenters. The molecule has 2 aromatic rings. The van der Waals surface area contributed by atoms with Crippen molar-refractivity contribution in [2.45, 2.75) is 13.1 Å². The van der Waals surface area contributed by atoms with Gasteiger partial charge in [0.2, 0.25) is 0 Å². The molecule has 100 valence electrons. The smallest absolute Gasteiger partial charge is 0.137 e. The van der Waals surface area contributed by atoms with Gasteiger partial charge in [-0.3, -0.25) is 4.90 Å². The van der Waals surface area contributed by atoms with E-state index in [4.69, 9.17) is 11.6 Å². The van der Waals surface area contributed by atoms with E-state index in [0.29, 0.717) is 11.0 Å². The molecular weight excluding hydrogens is 329 g/mol. The second-order valence-corrected chi connectivity index (χ2v) is 5.74. The quantitative estimate of drug-likeness (QED) is 0.766. The average molecular weight is 343 g/mol. The number of hydrogen-bond donors (Lipinski definition) is 0. The molecule has 0 atom stereocenters. The summed E-state index contributed by atoms with van der Waals surface area (Å²) in [6.07, 6.45) is 0. The van der Waals surface area contributed by atoms with E-state index in [0.717, 1.165) is 22.7 Å². The Kier molecular flexibility index (Phi) is 4.97. The summed E-state index contributed by atoms with van der Waals surface area (Å²) in [6, 6.07) is 12.9. The highest BCUT2D eigenvalue weighted by atomic mass is 79.9. The van der Waals surface area contributed by atoms with E-state index in [1.165, 1.54) is 6.07 Å². The van der Waals surface area contributed by atoms with Crippen LogP contribution in [-0.2, 0) is 13.1 Å². The SMILES string of the molecule is CN(Cc1cccc(Cl)c1)Cc1cccc(F)c1Br. The fourth-order valence-electron chi connectivity index (χ4n) is 1.96. The summed E-state index contributed by atoms with van der Waals surface area (Å²) in [7, 11) is 2.00. The first-order valence-corrected chi connectivity index (χ1v) is 7.09. The summed E-state index contributed by atoms with van der Waals surface area (Å²) in [5.41, 5.74) is 2.08. The van der Waals surface area contributed by atoms with Gasteiger partial charge in [0, 0.05) is 18.1 Å². The van der Waals surface area contributed by atoms with Crippen molar-refractivity contribution in [3.8, 4) is 0 Å². The fraction of sp³-hybridized carbons (Fsp3) is 0.200. The minimum atomic E-state index is -0.228. The largest absolute Gasteiger partial charge is 0.298 e. The Morgan fingerprint density at radius 3 is 2.63 bits per heavy atom. The Morgan fingerprint density at radius 2 is 1.89 bits per heavy atom. The minimum Gasteiger partial charge on any atom is -0.298 e. The number of rotatable bonds is 4. The average Bonchev–Trinajstić information content (AvgIpc) is 2.35. The maximum atomic E-state index is 13.4. The van der Waals surface area contributed by atoms with Crippen LogP contribution in [0.15, 0.2) is 46.9 Å². The lowest BCUT2D eigenvalue weighted by Gasteiger charge is -2.18. The standard InChI is InChI=1S/C15H14BrClFN/c1-19(9-11-4-2-6-13(17)8-11)10-12-5-3-7-14(18)15(12)16/h2-8H,9-10H2,1H3. The molecule has 0 saturated heterocycles. The van der Waals surface area contributed by atoms with Gasteiger partial charge in [0.1, 0.15) is 5.82 Å². The number of benzene rings is 2. The van der Waals surface area contributed by atoms with Gasteiger partial charge in [-0.05, 0) is 52.3 Å². The zero-order valence-electron chi connectivity index (χ0n) is 10.5. The third-order valence-electron chi connectivity index (χ3n) is 2.81. The van der Waals surface area contributed by atoms with E-state index in [1.54, 1.807) is 6.07 Å². The van der Waals surface area contributed by atoms with Gasteiger partial charge >= 0.3 is 0 Å². The van der Waals surface area contributed by atoms with Crippen molar-refractivity contribution in [3.63, 3.8) is 0 Å². The third kappa shape index (κ3) is 4.03. The van der Waals surface area contributed by atoms with Gasteiger partial charge in [-0.15, -0.1) is 0 Å². The van der Waals surface area contributed by atoms with Gasteiger partial charge in [0.25, 0.3) is 0 Å².